The fourth-order valence-corrected chi connectivity index (χ4v) is 4.24. The predicted octanol–water partition coefficient (Wildman–Crippen LogP) is 2.76. The summed E-state index contributed by atoms with van der Waals surface area (Å²) in [6.07, 6.45) is 0. The van der Waals surface area contributed by atoms with E-state index in [4.69, 9.17) is 4.74 Å². The molecule has 6 nitrogen and oxygen atoms in total. The Kier molecular flexibility index (Phi) is 4.19. The number of nitrogens with zero attached hydrogens (tertiary/aromatic N) is 1. The smallest absolute Gasteiger partial charge is 0.262 e. The second kappa shape index (κ2) is 5.64. The third kappa shape index (κ3) is 2.68. The molecule has 0 aliphatic carbocycles. The minimum atomic E-state index is -3.70. The summed E-state index contributed by atoms with van der Waals surface area (Å²) in [4.78, 5) is 0.283. The van der Waals surface area contributed by atoms with Crippen LogP contribution in [0, 0.1) is 34.6 Å². The van der Waals surface area contributed by atoms with Crippen molar-refractivity contribution in [2.24, 2.45) is 0 Å². The van der Waals surface area contributed by atoms with E-state index in [1.54, 1.807) is 40.9 Å². The van der Waals surface area contributed by atoms with Gasteiger partial charge in [0.2, 0.25) is 0 Å². The van der Waals surface area contributed by atoms with Gasteiger partial charge in [0.25, 0.3) is 10.0 Å². The molecule has 2 N–H and O–H groups in total. The van der Waals surface area contributed by atoms with Crippen molar-refractivity contribution in [1.82, 2.24) is 10.2 Å². The molecule has 0 unspecified atom stereocenters. The van der Waals surface area contributed by atoms with Crippen LogP contribution in [0.3, 0.4) is 0 Å². The quantitative estimate of drug-likeness (QED) is 0.906. The second-order valence-corrected chi connectivity index (χ2v) is 7.01. The molecule has 2 rings (SSSR count). The molecule has 120 valence electrons. The first kappa shape index (κ1) is 16.4. The topological polar surface area (TPSA) is 84.1 Å². The highest BCUT2D eigenvalue weighted by atomic mass is 32.2. The van der Waals surface area contributed by atoms with Gasteiger partial charge in [0.1, 0.15) is 5.75 Å². The third-order valence-electron chi connectivity index (χ3n) is 3.83. The van der Waals surface area contributed by atoms with Crippen molar-refractivity contribution in [3.8, 4) is 5.75 Å². The van der Waals surface area contributed by atoms with Crippen LogP contribution in [0.5, 0.6) is 5.75 Å². The number of anilines is 1. The largest absolute Gasteiger partial charge is 0.496 e. The summed E-state index contributed by atoms with van der Waals surface area (Å²) in [7, 11) is -2.13. The van der Waals surface area contributed by atoms with Crippen LogP contribution < -0.4 is 9.46 Å². The fraction of sp³-hybridized carbons (Fsp3) is 0.400. The molecule has 0 aliphatic rings. The maximum absolute atomic E-state index is 12.8. The molecule has 1 heterocycles. The Hall–Kier alpha value is -2.02. The molecule has 7 heteroatoms. The molecule has 2 aromatic rings. The normalized spacial score (nSPS) is 11.5. The average Bonchev–Trinajstić information content (AvgIpc) is 2.74. The van der Waals surface area contributed by atoms with Crippen molar-refractivity contribution in [2.75, 3.05) is 11.8 Å². The van der Waals surface area contributed by atoms with Crippen molar-refractivity contribution in [2.45, 2.75) is 39.5 Å². The molecule has 1 aromatic heterocycles. The summed E-state index contributed by atoms with van der Waals surface area (Å²) in [5.74, 6) is 0.685. The fourth-order valence-electron chi connectivity index (χ4n) is 2.53. The number of aromatic nitrogens is 2. The summed E-state index contributed by atoms with van der Waals surface area (Å²) < 4.78 is 33.5. The molecular weight excluding hydrogens is 302 g/mol. The van der Waals surface area contributed by atoms with Gasteiger partial charge in [-0.25, -0.2) is 8.42 Å². The van der Waals surface area contributed by atoms with Gasteiger partial charge in [0.15, 0.2) is 0 Å². The molecule has 0 radical (unpaired) electrons. The zero-order valence-electron chi connectivity index (χ0n) is 13.7. The Morgan fingerprint density at radius 1 is 1.14 bits per heavy atom. The van der Waals surface area contributed by atoms with Crippen molar-refractivity contribution in [3.63, 3.8) is 0 Å². The second-order valence-electron chi connectivity index (χ2n) is 5.39. The number of benzene rings is 1. The van der Waals surface area contributed by atoms with Crippen LogP contribution in [-0.4, -0.2) is 25.7 Å². The molecular formula is C15H21N3O3S. The van der Waals surface area contributed by atoms with Crippen LogP contribution in [0.1, 0.15) is 28.1 Å². The molecule has 0 fully saturated rings. The SMILES string of the molecule is COc1cc(C)c(S(=O)(=O)Nc2c(C)n[nH]c2C)c(C)c1C. The van der Waals surface area contributed by atoms with E-state index in [-0.39, 0.29) is 4.90 Å². The van der Waals surface area contributed by atoms with Crippen molar-refractivity contribution in [1.29, 1.82) is 0 Å². The van der Waals surface area contributed by atoms with Gasteiger partial charge < -0.3 is 4.74 Å². The molecule has 22 heavy (non-hydrogen) atoms. The summed E-state index contributed by atoms with van der Waals surface area (Å²) >= 11 is 0. The van der Waals surface area contributed by atoms with Crippen LogP contribution >= 0.6 is 0 Å². The minimum absolute atomic E-state index is 0.283. The zero-order valence-corrected chi connectivity index (χ0v) is 14.5. The molecule has 0 atom stereocenters. The van der Waals surface area contributed by atoms with E-state index in [2.05, 4.69) is 14.9 Å². The maximum atomic E-state index is 12.8. The van der Waals surface area contributed by atoms with Crippen molar-refractivity contribution in [3.05, 3.63) is 34.1 Å². The lowest BCUT2D eigenvalue weighted by atomic mass is 10.1. The van der Waals surface area contributed by atoms with Gasteiger partial charge in [-0.15, -0.1) is 0 Å². The van der Waals surface area contributed by atoms with Gasteiger partial charge >= 0.3 is 0 Å². The molecule has 0 saturated heterocycles. The molecule has 0 bridgehead atoms. The Bertz CT molecular complexity index is 804. The van der Waals surface area contributed by atoms with E-state index in [1.165, 1.54) is 0 Å². The summed E-state index contributed by atoms with van der Waals surface area (Å²) in [6, 6.07) is 1.74. The first-order valence-electron chi connectivity index (χ1n) is 6.88. The first-order chi connectivity index (χ1) is 10.2. The Morgan fingerprint density at radius 2 is 1.77 bits per heavy atom. The van der Waals surface area contributed by atoms with Crippen LogP contribution in [0.25, 0.3) is 0 Å². The van der Waals surface area contributed by atoms with Gasteiger partial charge in [-0.2, -0.15) is 5.10 Å². The highest BCUT2D eigenvalue weighted by Gasteiger charge is 2.24. The van der Waals surface area contributed by atoms with Crippen LogP contribution in [0.2, 0.25) is 0 Å². The number of aryl methyl sites for hydroxylation is 3. The summed E-state index contributed by atoms with van der Waals surface area (Å²) in [5.41, 5.74) is 3.93. The monoisotopic (exact) mass is 323 g/mol. The van der Waals surface area contributed by atoms with Gasteiger partial charge in [0, 0.05) is 0 Å². The number of hydrogen-bond donors (Lipinski definition) is 2. The van der Waals surface area contributed by atoms with Crippen molar-refractivity contribution >= 4 is 15.7 Å². The van der Waals surface area contributed by atoms with Gasteiger partial charge in [0.05, 0.1) is 29.1 Å². The number of rotatable bonds is 4. The van der Waals surface area contributed by atoms with Crippen LogP contribution in [-0.2, 0) is 10.0 Å². The number of sulfonamides is 1. The number of aromatic amines is 1. The third-order valence-corrected chi connectivity index (χ3v) is 5.47. The lowest BCUT2D eigenvalue weighted by Gasteiger charge is -2.17. The van der Waals surface area contributed by atoms with E-state index in [0.29, 0.717) is 34.0 Å². The molecule has 0 spiro atoms. The molecule has 0 amide bonds. The summed E-state index contributed by atoms with van der Waals surface area (Å²) in [6.45, 7) is 8.92. The number of nitrogens with one attached hydrogen (secondary N) is 2. The lowest BCUT2D eigenvalue weighted by Crippen LogP contribution is -2.17. The molecule has 1 aromatic carbocycles. The minimum Gasteiger partial charge on any atom is -0.496 e. The van der Waals surface area contributed by atoms with Gasteiger partial charge in [-0.05, 0) is 57.4 Å². The number of hydrogen-bond acceptors (Lipinski definition) is 4. The number of methoxy groups -OCH3 is 1. The summed E-state index contributed by atoms with van der Waals surface area (Å²) in [5, 5.41) is 6.78. The van der Waals surface area contributed by atoms with E-state index in [1.807, 2.05) is 6.92 Å². The van der Waals surface area contributed by atoms with E-state index in [9.17, 15) is 8.42 Å². The molecule has 0 aliphatic heterocycles. The number of H-pyrrole nitrogens is 1. The molecule has 0 saturated carbocycles. The Labute approximate surface area is 130 Å². The van der Waals surface area contributed by atoms with Gasteiger partial charge in [-0.1, -0.05) is 0 Å². The van der Waals surface area contributed by atoms with E-state index in [0.717, 1.165) is 5.56 Å². The average molecular weight is 323 g/mol. The van der Waals surface area contributed by atoms with Crippen molar-refractivity contribution < 1.29 is 13.2 Å². The van der Waals surface area contributed by atoms with Crippen LogP contribution in [0.15, 0.2) is 11.0 Å². The first-order valence-corrected chi connectivity index (χ1v) is 8.36. The highest BCUT2D eigenvalue weighted by molar-refractivity contribution is 7.92. The Morgan fingerprint density at radius 3 is 2.27 bits per heavy atom. The highest BCUT2D eigenvalue weighted by Crippen LogP contribution is 2.32. The number of ether oxygens (including phenoxy) is 1. The maximum Gasteiger partial charge on any atom is 0.262 e. The van der Waals surface area contributed by atoms with Crippen LogP contribution in [0.4, 0.5) is 5.69 Å². The zero-order chi connectivity index (χ0) is 16.7. The van der Waals surface area contributed by atoms with E-state index >= 15 is 0 Å². The lowest BCUT2D eigenvalue weighted by molar-refractivity contribution is 0.410. The predicted molar refractivity (Wildman–Crippen MR) is 86.1 cm³/mol. The Balaban J connectivity index is 2.58. The van der Waals surface area contributed by atoms with Gasteiger partial charge in [-0.3, -0.25) is 9.82 Å². The standard InChI is InChI=1S/C15H21N3O3S/c1-8-7-13(21-6)9(2)10(3)15(8)22(19,20)18-14-11(4)16-17-12(14)5/h7,18H,1-6H3,(H,16,17). The van der Waals surface area contributed by atoms with E-state index < -0.39 is 10.0 Å².